The molecule has 0 aliphatic rings. The van der Waals surface area contributed by atoms with E-state index in [0.29, 0.717) is 5.56 Å². The van der Waals surface area contributed by atoms with Crippen molar-refractivity contribution in [3.63, 3.8) is 0 Å². The van der Waals surface area contributed by atoms with E-state index in [2.05, 4.69) is 41.4 Å². The molecule has 0 saturated carbocycles. The Labute approximate surface area is 137 Å². The van der Waals surface area contributed by atoms with Crippen LogP contribution in [0.25, 0.3) is 0 Å². The van der Waals surface area contributed by atoms with Crippen molar-refractivity contribution in [1.82, 2.24) is 5.43 Å². The third-order valence-electron chi connectivity index (χ3n) is 3.72. The van der Waals surface area contributed by atoms with Crippen LogP contribution < -0.4 is 10.3 Å². The molecule has 0 aliphatic heterocycles. The van der Waals surface area contributed by atoms with Crippen molar-refractivity contribution in [2.45, 2.75) is 20.8 Å². The summed E-state index contributed by atoms with van der Waals surface area (Å²) < 4.78 is 0. The molecule has 2 aromatic rings. The quantitative estimate of drug-likeness (QED) is 0.654. The zero-order valence-electron chi connectivity index (χ0n) is 13.9. The van der Waals surface area contributed by atoms with Crippen LogP contribution in [0, 0.1) is 6.92 Å². The Bertz CT molecular complexity index is 656. The SMILES string of the molecule is CCN(CC)c1ccc(/C=N/NC(=O)c2ccc(C)cc2)cc1. The molecule has 0 aromatic heterocycles. The summed E-state index contributed by atoms with van der Waals surface area (Å²) in [5.74, 6) is -0.207. The van der Waals surface area contributed by atoms with Gasteiger partial charge >= 0.3 is 0 Å². The van der Waals surface area contributed by atoms with Crippen LogP contribution in [-0.4, -0.2) is 25.2 Å². The monoisotopic (exact) mass is 309 g/mol. The number of benzene rings is 2. The van der Waals surface area contributed by atoms with E-state index in [-0.39, 0.29) is 5.91 Å². The number of aryl methyl sites for hydroxylation is 1. The van der Waals surface area contributed by atoms with Gasteiger partial charge in [-0.1, -0.05) is 29.8 Å². The average molecular weight is 309 g/mol. The molecule has 4 heteroatoms. The fraction of sp³-hybridized carbons (Fsp3) is 0.263. The summed E-state index contributed by atoms with van der Waals surface area (Å²) >= 11 is 0. The Hall–Kier alpha value is -2.62. The van der Waals surface area contributed by atoms with Crippen molar-refractivity contribution < 1.29 is 4.79 Å². The van der Waals surface area contributed by atoms with Crippen LogP contribution in [0.5, 0.6) is 0 Å². The van der Waals surface area contributed by atoms with Crippen molar-refractivity contribution >= 4 is 17.8 Å². The third kappa shape index (κ3) is 4.68. The van der Waals surface area contributed by atoms with E-state index in [0.717, 1.165) is 24.2 Å². The molecule has 0 heterocycles. The van der Waals surface area contributed by atoms with Gasteiger partial charge < -0.3 is 4.90 Å². The topological polar surface area (TPSA) is 44.7 Å². The lowest BCUT2D eigenvalue weighted by Gasteiger charge is -2.20. The Morgan fingerprint density at radius 3 is 2.22 bits per heavy atom. The van der Waals surface area contributed by atoms with E-state index in [1.54, 1.807) is 18.3 Å². The van der Waals surface area contributed by atoms with E-state index in [4.69, 9.17) is 0 Å². The normalized spacial score (nSPS) is 10.7. The largest absolute Gasteiger partial charge is 0.372 e. The molecule has 4 nitrogen and oxygen atoms in total. The minimum absolute atomic E-state index is 0.207. The molecule has 0 saturated heterocycles. The fourth-order valence-corrected chi connectivity index (χ4v) is 2.29. The van der Waals surface area contributed by atoms with Crippen LogP contribution in [0.2, 0.25) is 0 Å². The summed E-state index contributed by atoms with van der Waals surface area (Å²) in [7, 11) is 0. The van der Waals surface area contributed by atoms with Gasteiger partial charge in [0.25, 0.3) is 5.91 Å². The molecule has 1 N–H and O–H groups in total. The van der Waals surface area contributed by atoms with Gasteiger partial charge in [-0.15, -0.1) is 0 Å². The van der Waals surface area contributed by atoms with E-state index in [9.17, 15) is 4.79 Å². The lowest BCUT2D eigenvalue weighted by molar-refractivity contribution is 0.0955. The number of carbonyl (C=O) groups excluding carboxylic acids is 1. The molecule has 23 heavy (non-hydrogen) atoms. The number of hydrazone groups is 1. The van der Waals surface area contributed by atoms with Crippen LogP contribution in [-0.2, 0) is 0 Å². The van der Waals surface area contributed by atoms with Gasteiger partial charge in [-0.3, -0.25) is 4.79 Å². The molecule has 0 bridgehead atoms. The number of carbonyl (C=O) groups is 1. The summed E-state index contributed by atoms with van der Waals surface area (Å²) in [6.45, 7) is 8.23. The second kappa shape index (κ2) is 8.13. The van der Waals surface area contributed by atoms with Crippen molar-refractivity contribution in [2.24, 2.45) is 5.10 Å². The summed E-state index contributed by atoms with van der Waals surface area (Å²) in [5.41, 5.74) is 6.41. The zero-order chi connectivity index (χ0) is 16.7. The van der Waals surface area contributed by atoms with Crippen LogP contribution in [0.1, 0.15) is 35.3 Å². The molecular weight excluding hydrogens is 286 g/mol. The minimum Gasteiger partial charge on any atom is -0.372 e. The standard InChI is InChI=1S/C19H23N3O/c1-4-22(5-2)18-12-8-16(9-13-18)14-20-21-19(23)17-10-6-15(3)7-11-17/h6-14H,4-5H2,1-3H3,(H,21,23)/b20-14+. The van der Waals surface area contributed by atoms with Crippen LogP contribution in [0.3, 0.4) is 0 Å². The first kappa shape index (κ1) is 16.7. The Kier molecular flexibility index (Phi) is 5.92. The first-order valence-electron chi connectivity index (χ1n) is 7.89. The number of anilines is 1. The molecule has 1 amide bonds. The maximum Gasteiger partial charge on any atom is 0.271 e. The molecule has 0 radical (unpaired) electrons. The highest BCUT2D eigenvalue weighted by molar-refractivity contribution is 5.94. The Morgan fingerprint density at radius 2 is 1.65 bits per heavy atom. The van der Waals surface area contributed by atoms with Crippen molar-refractivity contribution in [3.8, 4) is 0 Å². The van der Waals surface area contributed by atoms with E-state index >= 15 is 0 Å². The molecule has 120 valence electrons. The van der Waals surface area contributed by atoms with Crippen LogP contribution in [0.15, 0.2) is 53.6 Å². The summed E-state index contributed by atoms with van der Waals surface area (Å²) in [6.07, 6.45) is 1.65. The van der Waals surface area contributed by atoms with E-state index in [1.807, 2.05) is 31.2 Å². The minimum atomic E-state index is -0.207. The molecule has 0 aliphatic carbocycles. The maximum atomic E-state index is 11.9. The van der Waals surface area contributed by atoms with Gasteiger partial charge in [0, 0.05) is 24.3 Å². The fourth-order valence-electron chi connectivity index (χ4n) is 2.29. The van der Waals surface area contributed by atoms with Gasteiger partial charge in [-0.2, -0.15) is 5.10 Å². The zero-order valence-corrected chi connectivity index (χ0v) is 13.9. The first-order chi connectivity index (χ1) is 11.1. The average Bonchev–Trinajstić information content (AvgIpc) is 2.58. The van der Waals surface area contributed by atoms with Gasteiger partial charge in [-0.05, 0) is 50.6 Å². The van der Waals surface area contributed by atoms with Crippen molar-refractivity contribution in [3.05, 3.63) is 65.2 Å². The number of nitrogens with zero attached hydrogens (tertiary/aromatic N) is 2. The van der Waals surface area contributed by atoms with Crippen molar-refractivity contribution in [2.75, 3.05) is 18.0 Å². The molecular formula is C19H23N3O. The summed E-state index contributed by atoms with van der Waals surface area (Å²) in [5, 5.41) is 4.02. The lowest BCUT2D eigenvalue weighted by Crippen LogP contribution is -2.21. The number of nitrogens with one attached hydrogen (secondary N) is 1. The van der Waals surface area contributed by atoms with Crippen molar-refractivity contribution in [1.29, 1.82) is 0 Å². The molecule has 2 aromatic carbocycles. The van der Waals surface area contributed by atoms with Gasteiger partial charge in [0.05, 0.1) is 6.21 Å². The maximum absolute atomic E-state index is 11.9. The van der Waals surface area contributed by atoms with Crippen LogP contribution in [0.4, 0.5) is 5.69 Å². The highest BCUT2D eigenvalue weighted by atomic mass is 16.2. The number of rotatable bonds is 6. The highest BCUT2D eigenvalue weighted by Crippen LogP contribution is 2.13. The van der Waals surface area contributed by atoms with Gasteiger partial charge in [0.2, 0.25) is 0 Å². The Morgan fingerprint density at radius 1 is 1.04 bits per heavy atom. The number of hydrogen-bond donors (Lipinski definition) is 1. The second-order valence-corrected chi connectivity index (χ2v) is 5.33. The highest BCUT2D eigenvalue weighted by Gasteiger charge is 2.03. The predicted octanol–water partition coefficient (Wildman–Crippen LogP) is 3.61. The lowest BCUT2D eigenvalue weighted by atomic mass is 10.1. The molecule has 0 spiro atoms. The number of hydrogen-bond acceptors (Lipinski definition) is 3. The molecule has 2 rings (SSSR count). The molecule has 0 fully saturated rings. The second-order valence-electron chi connectivity index (χ2n) is 5.33. The van der Waals surface area contributed by atoms with E-state index in [1.165, 1.54) is 5.69 Å². The summed E-state index contributed by atoms with van der Waals surface area (Å²) in [6, 6.07) is 15.5. The van der Waals surface area contributed by atoms with Crippen LogP contribution >= 0.6 is 0 Å². The summed E-state index contributed by atoms with van der Waals surface area (Å²) in [4.78, 5) is 14.2. The number of amides is 1. The third-order valence-corrected chi connectivity index (χ3v) is 3.72. The first-order valence-corrected chi connectivity index (χ1v) is 7.89. The Balaban J connectivity index is 1.95. The predicted molar refractivity (Wildman–Crippen MR) is 96.2 cm³/mol. The van der Waals surface area contributed by atoms with Gasteiger partial charge in [-0.25, -0.2) is 5.43 Å². The van der Waals surface area contributed by atoms with Gasteiger partial charge in [0.1, 0.15) is 0 Å². The van der Waals surface area contributed by atoms with E-state index < -0.39 is 0 Å². The molecule has 0 unspecified atom stereocenters. The smallest absolute Gasteiger partial charge is 0.271 e. The van der Waals surface area contributed by atoms with Gasteiger partial charge in [0.15, 0.2) is 0 Å². The molecule has 0 atom stereocenters.